The summed E-state index contributed by atoms with van der Waals surface area (Å²) >= 11 is 4.17. The second-order valence-corrected chi connectivity index (χ2v) is 2.79. The third kappa shape index (κ3) is 2.11. The highest BCUT2D eigenvalue weighted by molar-refractivity contribution is 7.80. The molecule has 0 spiro atoms. The van der Waals surface area contributed by atoms with Gasteiger partial charge in [-0.3, -0.25) is 10.6 Å². The van der Waals surface area contributed by atoms with Crippen LogP contribution in [0.4, 0.5) is 0 Å². The van der Waals surface area contributed by atoms with Crippen LogP contribution in [0.2, 0.25) is 0 Å². The van der Waals surface area contributed by atoms with Crippen molar-refractivity contribution in [2.45, 2.75) is 24.3 Å². The fraction of sp³-hybridized carbons (Fsp3) is 1.00. The maximum atomic E-state index is 5.54. The Morgan fingerprint density at radius 3 is 2.44 bits per heavy atom. The van der Waals surface area contributed by atoms with Crippen LogP contribution in [0.1, 0.15) is 6.42 Å². The Morgan fingerprint density at radius 1 is 1.33 bits per heavy atom. The maximum Gasteiger partial charge on any atom is 0.111 e. The molecule has 1 rings (SSSR count). The summed E-state index contributed by atoms with van der Waals surface area (Å²) in [5, 5.41) is 5.99. The van der Waals surface area contributed by atoms with Gasteiger partial charge in [0.15, 0.2) is 0 Å². The van der Waals surface area contributed by atoms with Gasteiger partial charge < -0.3 is 11.5 Å². The van der Waals surface area contributed by atoms with E-state index in [0.717, 1.165) is 6.42 Å². The van der Waals surface area contributed by atoms with Gasteiger partial charge in [-0.05, 0) is 0 Å². The lowest BCUT2D eigenvalue weighted by molar-refractivity contribution is 0.295. The normalized spacial score (nSPS) is 45.0. The van der Waals surface area contributed by atoms with E-state index in [1.165, 1.54) is 0 Å². The van der Waals surface area contributed by atoms with Gasteiger partial charge in [-0.15, -0.1) is 0 Å². The van der Waals surface area contributed by atoms with E-state index in [4.69, 9.17) is 11.5 Å². The molecule has 9 heavy (non-hydrogen) atoms. The summed E-state index contributed by atoms with van der Waals surface area (Å²) in [6.45, 7) is 0. The minimum atomic E-state index is -0.212. The van der Waals surface area contributed by atoms with Gasteiger partial charge in [0.2, 0.25) is 0 Å². The highest BCUT2D eigenvalue weighted by atomic mass is 32.1. The van der Waals surface area contributed by atoms with Crippen molar-refractivity contribution in [1.82, 2.24) is 10.6 Å². The molecule has 1 saturated heterocycles. The Balaban J connectivity index is 2.34. The van der Waals surface area contributed by atoms with Crippen molar-refractivity contribution < 1.29 is 0 Å². The van der Waals surface area contributed by atoms with Gasteiger partial charge in [-0.1, -0.05) is 0 Å². The Kier molecular flexibility index (Phi) is 2.31. The van der Waals surface area contributed by atoms with Crippen molar-refractivity contribution in [1.29, 1.82) is 0 Å². The molecule has 3 unspecified atom stereocenters. The molecule has 0 aliphatic carbocycles. The van der Waals surface area contributed by atoms with Crippen molar-refractivity contribution in [2.24, 2.45) is 11.5 Å². The number of rotatable bonds is 0. The van der Waals surface area contributed by atoms with Crippen LogP contribution in [0, 0.1) is 0 Å². The van der Waals surface area contributed by atoms with Crippen LogP contribution in [0.3, 0.4) is 0 Å². The highest BCUT2D eigenvalue weighted by Crippen LogP contribution is 2.02. The summed E-state index contributed by atoms with van der Waals surface area (Å²) in [6.07, 6.45) is 0.566. The van der Waals surface area contributed by atoms with Crippen molar-refractivity contribution >= 4 is 12.6 Å². The Hall–Kier alpha value is 0.190. The third-order valence-corrected chi connectivity index (χ3v) is 1.60. The maximum absolute atomic E-state index is 5.54. The predicted octanol–water partition coefficient (Wildman–Crippen LogP) is -1.65. The van der Waals surface area contributed by atoms with Crippen LogP contribution < -0.4 is 22.1 Å². The molecule has 0 radical (unpaired) electrons. The van der Waals surface area contributed by atoms with Gasteiger partial charge in [-0.25, -0.2) is 0 Å². The van der Waals surface area contributed by atoms with Crippen molar-refractivity contribution in [3.63, 3.8) is 0 Å². The molecule has 3 atom stereocenters. The minimum absolute atomic E-state index is 0.0243. The molecule has 0 amide bonds. The molecule has 1 aliphatic rings. The second-order valence-electron chi connectivity index (χ2n) is 2.17. The minimum Gasteiger partial charge on any atom is -0.316 e. The number of hydrogen-bond donors (Lipinski definition) is 5. The SMILES string of the molecule is NC1CC(S)NC(N)N1. The van der Waals surface area contributed by atoms with E-state index in [2.05, 4.69) is 23.3 Å². The van der Waals surface area contributed by atoms with Crippen molar-refractivity contribution in [3.05, 3.63) is 0 Å². The fourth-order valence-corrected chi connectivity index (χ4v) is 1.25. The third-order valence-electron chi connectivity index (χ3n) is 1.24. The molecule has 0 aromatic carbocycles. The van der Waals surface area contributed by atoms with Crippen molar-refractivity contribution in [3.8, 4) is 0 Å². The smallest absolute Gasteiger partial charge is 0.111 e. The van der Waals surface area contributed by atoms with E-state index in [9.17, 15) is 0 Å². The van der Waals surface area contributed by atoms with Gasteiger partial charge in [0, 0.05) is 6.42 Å². The topological polar surface area (TPSA) is 76.1 Å². The average molecular weight is 148 g/mol. The summed E-state index contributed by atoms with van der Waals surface area (Å²) in [5.41, 5.74) is 11.0. The second kappa shape index (κ2) is 2.85. The van der Waals surface area contributed by atoms with Gasteiger partial charge in [0.25, 0.3) is 0 Å². The van der Waals surface area contributed by atoms with Crippen molar-refractivity contribution in [2.75, 3.05) is 0 Å². The molecule has 1 aliphatic heterocycles. The molecular weight excluding hydrogens is 136 g/mol. The number of hydrogen-bond acceptors (Lipinski definition) is 5. The largest absolute Gasteiger partial charge is 0.316 e. The molecule has 6 N–H and O–H groups in total. The summed E-state index contributed by atoms with van der Waals surface area (Å²) in [4.78, 5) is 0. The summed E-state index contributed by atoms with van der Waals surface area (Å²) in [7, 11) is 0. The molecule has 5 heteroatoms. The van der Waals surface area contributed by atoms with Crippen LogP contribution in [0.25, 0.3) is 0 Å². The zero-order chi connectivity index (χ0) is 6.85. The summed E-state index contributed by atoms with van der Waals surface area (Å²) in [6, 6.07) is 0. The zero-order valence-corrected chi connectivity index (χ0v) is 5.94. The van der Waals surface area contributed by atoms with E-state index in [-0.39, 0.29) is 17.8 Å². The molecule has 1 fully saturated rings. The first-order chi connectivity index (χ1) is 4.18. The molecular formula is C4H12N4S. The van der Waals surface area contributed by atoms with E-state index in [1.54, 1.807) is 0 Å². The Bertz CT molecular complexity index is 73.5. The number of nitrogens with two attached hydrogens (primary N) is 2. The van der Waals surface area contributed by atoms with Crippen LogP contribution in [-0.4, -0.2) is 17.8 Å². The lowest BCUT2D eigenvalue weighted by Crippen LogP contribution is -2.63. The Labute approximate surface area is 59.8 Å². The monoisotopic (exact) mass is 148 g/mol. The van der Waals surface area contributed by atoms with Gasteiger partial charge >= 0.3 is 0 Å². The molecule has 4 nitrogen and oxygen atoms in total. The molecule has 54 valence electrons. The molecule has 0 aromatic rings. The standard InChI is InChI=1S/C4H12N4S/c5-2-1-3(9)8-4(6)7-2/h2-4,7-9H,1,5-6H2. The quantitative estimate of drug-likeness (QED) is 0.267. The molecule has 1 heterocycles. The lowest BCUT2D eigenvalue weighted by Gasteiger charge is -2.31. The fourth-order valence-electron chi connectivity index (χ4n) is 0.863. The van der Waals surface area contributed by atoms with E-state index < -0.39 is 0 Å². The van der Waals surface area contributed by atoms with Crippen LogP contribution >= 0.6 is 12.6 Å². The van der Waals surface area contributed by atoms with E-state index in [1.807, 2.05) is 0 Å². The van der Waals surface area contributed by atoms with Gasteiger partial charge in [0.1, 0.15) is 6.29 Å². The summed E-state index contributed by atoms with van der Waals surface area (Å²) in [5.74, 6) is 0. The highest BCUT2D eigenvalue weighted by Gasteiger charge is 2.19. The van der Waals surface area contributed by atoms with E-state index in [0.29, 0.717) is 0 Å². The average Bonchev–Trinajstić information content (AvgIpc) is 1.59. The summed E-state index contributed by atoms with van der Waals surface area (Å²) < 4.78 is 0. The zero-order valence-electron chi connectivity index (χ0n) is 5.04. The van der Waals surface area contributed by atoms with Gasteiger partial charge in [0.05, 0.1) is 11.5 Å². The van der Waals surface area contributed by atoms with Gasteiger partial charge in [-0.2, -0.15) is 12.6 Å². The molecule has 0 bridgehead atoms. The van der Waals surface area contributed by atoms with E-state index >= 15 is 0 Å². The lowest BCUT2D eigenvalue weighted by atomic mass is 10.3. The number of thiol groups is 1. The van der Waals surface area contributed by atoms with Crippen LogP contribution in [0.5, 0.6) is 0 Å². The van der Waals surface area contributed by atoms with Crippen LogP contribution in [0.15, 0.2) is 0 Å². The Morgan fingerprint density at radius 2 is 2.00 bits per heavy atom. The predicted molar refractivity (Wildman–Crippen MR) is 39.6 cm³/mol. The first-order valence-electron chi connectivity index (χ1n) is 2.90. The first kappa shape index (κ1) is 7.30. The van der Waals surface area contributed by atoms with Crippen LogP contribution in [-0.2, 0) is 0 Å². The number of nitrogens with one attached hydrogen (secondary N) is 2. The first-order valence-corrected chi connectivity index (χ1v) is 3.41. The molecule has 0 aromatic heterocycles. The molecule has 0 saturated carbocycles.